The number of methoxy groups -OCH3 is 1. The minimum absolute atomic E-state index is 0.327. The predicted molar refractivity (Wildman–Crippen MR) is 67.0 cm³/mol. The van der Waals surface area contributed by atoms with Crippen molar-refractivity contribution in [2.24, 2.45) is 5.41 Å². The second-order valence-electron chi connectivity index (χ2n) is 5.51. The monoisotopic (exact) mass is 219 g/mol. The summed E-state index contributed by atoms with van der Waals surface area (Å²) in [7, 11) is 1.76. The lowest BCUT2D eigenvalue weighted by atomic mass is 9.73. The Bertz CT molecular complexity index is 409. The van der Waals surface area contributed by atoms with Gasteiger partial charge in [0.2, 0.25) is 0 Å². The van der Waals surface area contributed by atoms with Crippen LogP contribution in [-0.2, 0) is 0 Å². The highest BCUT2D eigenvalue weighted by Gasteiger charge is 2.40. The molecule has 88 valence electrons. The van der Waals surface area contributed by atoms with Crippen molar-refractivity contribution in [3.63, 3.8) is 0 Å². The van der Waals surface area contributed by atoms with Crippen molar-refractivity contribution in [1.29, 1.82) is 0 Å². The zero-order valence-corrected chi connectivity index (χ0v) is 10.8. The Hall–Kier alpha value is -1.02. The number of ether oxygens (including phenoxy) is 1. The standard InChI is InChI=1S/C14H21NO/c1-9-6-10(2)12(16-5)11(7-9)13-14(3,4)8-15-13/h6-7,13,15H,8H2,1-5H3. The number of aryl methyl sites for hydroxylation is 2. The third-order valence-corrected chi connectivity index (χ3v) is 3.51. The first-order valence-electron chi connectivity index (χ1n) is 5.84. The summed E-state index contributed by atoms with van der Waals surface area (Å²) in [4.78, 5) is 0. The smallest absolute Gasteiger partial charge is 0.126 e. The highest BCUT2D eigenvalue weighted by Crippen LogP contribution is 2.44. The van der Waals surface area contributed by atoms with Crippen molar-refractivity contribution >= 4 is 0 Å². The van der Waals surface area contributed by atoms with Crippen molar-refractivity contribution in [2.45, 2.75) is 33.7 Å². The van der Waals surface area contributed by atoms with E-state index in [1.807, 2.05) is 0 Å². The van der Waals surface area contributed by atoms with Gasteiger partial charge in [-0.25, -0.2) is 0 Å². The minimum atomic E-state index is 0.327. The van der Waals surface area contributed by atoms with Crippen molar-refractivity contribution < 1.29 is 4.74 Å². The molecule has 1 aromatic carbocycles. The molecule has 1 atom stereocenters. The Balaban J connectivity index is 2.47. The second-order valence-corrected chi connectivity index (χ2v) is 5.51. The van der Waals surface area contributed by atoms with Gasteiger partial charge in [0.15, 0.2) is 0 Å². The van der Waals surface area contributed by atoms with Crippen molar-refractivity contribution in [2.75, 3.05) is 13.7 Å². The van der Waals surface area contributed by atoms with E-state index in [4.69, 9.17) is 4.74 Å². The van der Waals surface area contributed by atoms with Crippen molar-refractivity contribution in [1.82, 2.24) is 5.32 Å². The maximum Gasteiger partial charge on any atom is 0.126 e. The summed E-state index contributed by atoms with van der Waals surface area (Å²) in [5.41, 5.74) is 4.16. The molecule has 0 bridgehead atoms. The van der Waals surface area contributed by atoms with Gasteiger partial charge in [0.05, 0.1) is 7.11 Å². The van der Waals surface area contributed by atoms with Crippen molar-refractivity contribution in [3.8, 4) is 5.75 Å². The van der Waals surface area contributed by atoms with Gasteiger partial charge in [-0.2, -0.15) is 0 Å². The molecule has 16 heavy (non-hydrogen) atoms. The van der Waals surface area contributed by atoms with Crippen LogP contribution in [0.1, 0.15) is 36.6 Å². The van der Waals surface area contributed by atoms with Crippen LogP contribution in [0, 0.1) is 19.3 Å². The van der Waals surface area contributed by atoms with Gasteiger partial charge in [-0.15, -0.1) is 0 Å². The van der Waals surface area contributed by atoms with Crippen LogP contribution in [0.25, 0.3) is 0 Å². The number of rotatable bonds is 2. The summed E-state index contributed by atoms with van der Waals surface area (Å²) in [6.07, 6.45) is 0. The van der Waals surface area contributed by atoms with Crippen LogP contribution in [0.4, 0.5) is 0 Å². The van der Waals surface area contributed by atoms with Gasteiger partial charge in [0.1, 0.15) is 5.75 Å². The lowest BCUT2D eigenvalue weighted by Gasteiger charge is -2.46. The van der Waals surface area contributed by atoms with Crippen LogP contribution >= 0.6 is 0 Å². The first-order chi connectivity index (χ1) is 7.45. The van der Waals surface area contributed by atoms with Crippen LogP contribution in [0.2, 0.25) is 0 Å². The summed E-state index contributed by atoms with van der Waals surface area (Å²) in [6, 6.07) is 4.83. The molecule has 1 aliphatic rings. The Kier molecular flexibility index (Phi) is 2.70. The van der Waals surface area contributed by atoms with Gasteiger partial charge in [-0.1, -0.05) is 31.5 Å². The van der Waals surface area contributed by atoms with E-state index in [1.54, 1.807) is 7.11 Å². The minimum Gasteiger partial charge on any atom is -0.496 e. The Morgan fingerprint density at radius 1 is 1.31 bits per heavy atom. The summed E-state index contributed by atoms with van der Waals surface area (Å²) < 4.78 is 5.54. The largest absolute Gasteiger partial charge is 0.496 e. The number of nitrogens with one attached hydrogen (secondary N) is 1. The fourth-order valence-electron chi connectivity index (χ4n) is 2.62. The predicted octanol–water partition coefficient (Wildman–Crippen LogP) is 2.98. The van der Waals surface area contributed by atoms with E-state index in [-0.39, 0.29) is 0 Å². The molecule has 1 aromatic rings. The van der Waals surface area contributed by atoms with E-state index in [0.717, 1.165) is 12.3 Å². The van der Waals surface area contributed by atoms with E-state index in [9.17, 15) is 0 Å². The van der Waals surface area contributed by atoms with Crippen LogP contribution in [-0.4, -0.2) is 13.7 Å². The molecule has 0 aliphatic carbocycles. The fourth-order valence-corrected chi connectivity index (χ4v) is 2.62. The van der Waals surface area contributed by atoms with E-state index in [2.05, 4.69) is 45.1 Å². The maximum absolute atomic E-state index is 5.54. The van der Waals surface area contributed by atoms with Crippen molar-refractivity contribution in [3.05, 3.63) is 28.8 Å². The third kappa shape index (κ3) is 1.71. The Labute approximate surface area is 98.0 Å². The highest BCUT2D eigenvalue weighted by molar-refractivity contribution is 5.47. The lowest BCUT2D eigenvalue weighted by molar-refractivity contribution is 0.125. The van der Waals surface area contributed by atoms with Crippen LogP contribution < -0.4 is 10.1 Å². The van der Waals surface area contributed by atoms with Crippen LogP contribution in [0.3, 0.4) is 0 Å². The molecule has 2 heteroatoms. The molecule has 1 aliphatic heterocycles. The van der Waals surface area contributed by atoms with E-state index in [1.165, 1.54) is 16.7 Å². The molecule has 0 amide bonds. The van der Waals surface area contributed by atoms with Gasteiger partial charge in [0, 0.05) is 18.2 Å². The quantitative estimate of drug-likeness (QED) is 0.825. The molecule has 1 saturated heterocycles. The topological polar surface area (TPSA) is 21.3 Å². The molecule has 1 heterocycles. The summed E-state index contributed by atoms with van der Waals surface area (Å²) in [5, 5.41) is 3.50. The first kappa shape index (κ1) is 11.5. The van der Waals surface area contributed by atoms with Gasteiger partial charge < -0.3 is 10.1 Å². The third-order valence-electron chi connectivity index (χ3n) is 3.51. The normalized spacial score (nSPS) is 22.7. The molecule has 2 nitrogen and oxygen atoms in total. The molecule has 1 fully saturated rings. The molecule has 0 aromatic heterocycles. The first-order valence-corrected chi connectivity index (χ1v) is 5.84. The number of hydrogen-bond donors (Lipinski definition) is 1. The summed E-state index contributed by atoms with van der Waals surface area (Å²) in [5.74, 6) is 1.04. The zero-order valence-electron chi connectivity index (χ0n) is 10.8. The fraction of sp³-hybridized carbons (Fsp3) is 0.571. The Morgan fingerprint density at radius 3 is 2.44 bits per heavy atom. The molecule has 1 N–H and O–H groups in total. The second kappa shape index (κ2) is 3.77. The maximum atomic E-state index is 5.54. The van der Waals surface area contributed by atoms with Gasteiger partial charge in [-0.3, -0.25) is 0 Å². The zero-order chi connectivity index (χ0) is 11.9. The molecule has 1 unspecified atom stereocenters. The van der Waals surface area contributed by atoms with E-state index >= 15 is 0 Å². The molecular weight excluding hydrogens is 198 g/mol. The van der Waals surface area contributed by atoms with Crippen LogP contribution in [0.5, 0.6) is 5.75 Å². The van der Waals surface area contributed by atoms with Gasteiger partial charge in [0.25, 0.3) is 0 Å². The number of benzene rings is 1. The van der Waals surface area contributed by atoms with Gasteiger partial charge >= 0.3 is 0 Å². The average Bonchev–Trinajstić information content (AvgIpc) is 2.15. The summed E-state index contributed by atoms with van der Waals surface area (Å²) >= 11 is 0. The summed E-state index contributed by atoms with van der Waals surface area (Å²) in [6.45, 7) is 9.92. The van der Waals surface area contributed by atoms with E-state index in [0.29, 0.717) is 11.5 Å². The Morgan fingerprint density at radius 2 is 2.00 bits per heavy atom. The van der Waals surface area contributed by atoms with Gasteiger partial charge in [-0.05, 0) is 24.8 Å². The van der Waals surface area contributed by atoms with Crippen LogP contribution in [0.15, 0.2) is 12.1 Å². The molecule has 0 radical (unpaired) electrons. The lowest BCUT2D eigenvalue weighted by Crippen LogP contribution is -2.52. The molecule has 0 saturated carbocycles. The highest BCUT2D eigenvalue weighted by atomic mass is 16.5. The number of hydrogen-bond acceptors (Lipinski definition) is 2. The van der Waals surface area contributed by atoms with E-state index < -0.39 is 0 Å². The SMILES string of the molecule is COc1c(C)cc(C)cc1C1NCC1(C)C. The average molecular weight is 219 g/mol. The molecule has 2 rings (SSSR count). The molecular formula is C14H21NO. The molecule has 0 spiro atoms.